The second-order valence-electron chi connectivity index (χ2n) is 6.32. The van der Waals surface area contributed by atoms with Crippen molar-refractivity contribution in [3.63, 3.8) is 0 Å². The van der Waals surface area contributed by atoms with E-state index in [4.69, 9.17) is 0 Å². The van der Waals surface area contributed by atoms with Crippen molar-refractivity contribution in [2.24, 2.45) is 10.2 Å². The molecule has 0 spiro atoms. The Hall–Kier alpha value is -2.43. The molecular formula is C20H16BrN5O2S2. The molecule has 7 nitrogen and oxygen atoms in total. The maximum absolute atomic E-state index is 12.4. The first-order valence-corrected chi connectivity index (χ1v) is 11.7. The van der Waals surface area contributed by atoms with E-state index >= 15 is 0 Å². The van der Waals surface area contributed by atoms with Crippen LogP contribution in [0.1, 0.15) is 17.3 Å². The van der Waals surface area contributed by atoms with Gasteiger partial charge >= 0.3 is 0 Å². The van der Waals surface area contributed by atoms with Crippen LogP contribution in [-0.2, 0) is 4.79 Å². The Morgan fingerprint density at radius 2 is 1.93 bits per heavy atom. The van der Waals surface area contributed by atoms with E-state index in [2.05, 4.69) is 36.4 Å². The van der Waals surface area contributed by atoms with Crippen LogP contribution in [0.3, 0.4) is 0 Å². The Kier molecular flexibility index (Phi) is 6.35. The smallest absolute Gasteiger partial charge is 0.236 e. The molecule has 3 aromatic rings. The summed E-state index contributed by atoms with van der Waals surface area (Å²) in [5, 5.41) is 12.1. The van der Waals surface area contributed by atoms with Crippen molar-refractivity contribution in [1.29, 1.82) is 0 Å². The first-order valence-electron chi connectivity index (χ1n) is 8.95. The van der Waals surface area contributed by atoms with Gasteiger partial charge in [-0.2, -0.15) is 5.10 Å². The number of carbonyl (C=O) groups excluding carboxylic acids is 2. The monoisotopic (exact) mass is 501 g/mol. The zero-order valence-electron chi connectivity index (χ0n) is 15.8. The maximum atomic E-state index is 12.4. The molecule has 1 amide bonds. The summed E-state index contributed by atoms with van der Waals surface area (Å²) >= 11 is 6.05. The Bertz CT molecular complexity index is 1190. The molecule has 2 aromatic carbocycles. The minimum atomic E-state index is -0.226. The number of nitrogens with zero attached hydrogens (tertiary/aromatic N) is 4. The minimum absolute atomic E-state index is 0.111. The third kappa shape index (κ3) is 4.66. The highest BCUT2D eigenvalue weighted by Crippen LogP contribution is 2.24. The predicted octanol–water partition coefficient (Wildman–Crippen LogP) is 4.17. The summed E-state index contributed by atoms with van der Waals surface area (Å²) in [6.07, 6.45) is 0. The number of halogens is 1. The van der Waals surface area contributed by atoms with E-state index in [0.29, 0.717) is 16.1 Å². The van der Waals surface area contributed by atoms with Crippen LogP contribution in [0.2, 0.25) is 0 Å². The van der Waals surface area contributed by atoms with Crippen LogP contribution in [0.25, 0.3) is 11.0 Å². The van der Waals surface area contributed by atoms with E-state index < -0.39 is 0 Å². The van der Waals surface area contributed by atoms with Gasteiger partial charge < -0.3 is 5.32 Å². The SMILES string of the molecule is CC(=O)n1c(SCC(=O)NC2=NN=C(c3ccc(Br)cc3)CS2)nc2ccccc21. The number of para-hydroxylation sites is 2. The quantitative estimate of drug-likeness (QED) is 0.541. The van der Waals surface area contributed by atoms with Crippen molar-refractivity contribution in [3.05, 3.63) is 58.6 Å². The summed E-state index contributed by atoms with van der Waals surface area (Å²) in [5.41, 5.74) is 3.31. The van der Waals surface area contributed by atoms with Crippen LogP contribution in [0.15, 0.2) is 68.4 Å². The van der Waals surface area contributed by atoms with E-state index in [1.807, 2.05) is 48.5 Å². The molecule has 10 heteroatoms. The lowest BCUT2D eigenvalue weighted by Crippen LogP contribution is -2.32. The molecule has 0 fully saturated rings. The van der Waals surface area contributed by atoms with Gasteiger partial charge in [0.25, 0.3) is 0 Å². The van der Waals surface area contributed by atoms with Crippen LogP contribution in [0, 0.1) is 0 Å². The average molecular weight is 502 g/mol. The molecule has 1 N–H and O–H groups in total. The molecule has 0 radical (unpaired) electrons. The molecule has 0 saturated heterocycles. The molecule has 1 aliphatic rings. The van der Waals surface area contributed by atoms with Gasteiger partial charge in [-0.05, 0) is 29.8 Å². The van der Waals surface area contributed by atoms with Crippen LogP contribution in [0.5, 0.6) is 0 Å². The lowest BCUT2D eigenvalue weighted by Gasteiger charge is -2.13. The van der Waals surface area contributed by atoms with Gasteiger partial charge in [-0.15, -0.1) is 5.10 Å². The number of amides is 1. The molecule has 152 valence electrons. The van der Waals surface area contributed by atoms with E-state index in [-0.39, 0.29) is 17.6 Å². The van der Waals surface area contributed by atoms with Crippen molar-refractivity contribution in [2.45, 2.75) is 12.1 Å². The third-order valence-corrected chi connectivity index (χ3v) is 6.55. The predicted molar refractivity (Wildman–Crippen MR) is 125 cm³/mol. The Morgan fingerprint density at radius 3 is 2.63 bits per heavy atom. The summed E-state index contributed by atoms with van der Waals surface area (Å²) in [5.74, 6) is 0.359. The largest absolute Gasteiger partial charge is 0.303 e. The standard InChI is InChI=1S/C20H16BrN5O2S2/c1-12(27)26-17-5-3-2-4-15(17)22-20(26)30-11-18(28)23-19-25-24-16(10-29-19)13-6-8-14(21)9-7-13/h2-9H,10-11H2,1H3,(H,23,25,28). The number of nitrogens with one attached hydrogen (secondary N) is 1. The average Bonchev–Trinajstić information content (AvgIpc) is 3.12. The van der Waals surface area contributed by atoms with Gasteiger partial charge in [0.2, 0.25) is 11.8 Å². The molecule has 0 bridgehead atoms. The molecule has 1 aliphatic heterocycles. The highest BCUT2D eigenvalue weighted by atomic mass is 79.9. The maximum Gasteiger partial charge on any atom is 0.236 e. The number of hydrogen-bond acceptors (Lipinski definition) is 7. The molecule has 0 unspecified atom stereocenters. The summed E-state index contributed by atoms with van der Waals surface area (Å²) in [6, 6.07) is 15.2. The molecule has 4 rings (SSSR count). The number of amidine groups is 1. The van der Waals surface area contributed by atoms with Crippen molar-refractivity contribution in [1.82, 2.24) is 14.9 Å². The number of thioether (sulfide) groups is 2. The Balaban J connectivity index is 1.40. The lowest BCUT2D eigenvalue weighted by molar-refractivity contribution is -0.117. The third-order valence-electron chi connectivity index (χ3n) is 4.21. The summed E-state index contributed by atoms with van der Waals surface area (Å²) in [6.45, 7) is 1.48. The summed E-state index contributed by atoms with van der Waals surface area (Å²) in [7, 11) is 0. The fourth-order valence-corrected chi connectivity index (χ4v) is 4.73. The van der Waals surface area contributed by atoms with Crippen LogP contribution in [-0.4, -0.2) is 43.8 Å². The lowest BCUT2D eigenvalue weighted by atomic mass is 10.1. The number of fused-ring (bicyclic) bond motifs is 1. The van der Waals surface area contributed by atoms with Gasteiger partial charge in [0.15, 0.2) is 10.3 Å². The number of rotatable bonds is 4. The van der Waals surface area contributed by atoms with Crippen molar-refractivity contribution >= 4 is 73.2 Å². The summed E-state index contributed by atoms with van der Waals surface area (Å²) in [4.78, 5) is 28.9. The highest BCUT2D eigenvalue weighted by molar-refractivity contribution is 9.10. The first kappa shape index (κ1) is 20.8. The van der Waals surface area contributed by atoms with Crippen molar-refractivity contribution in [3.8, 4) is 0 Å². The number of carbonyl (C=O) groups is 2. The molecule has 1 aromatic heterocycles. The normalized spacial score (nSPS) is 13.7. The fraction of sp³-hybridized carbons (Fsp3) is 0.150. The number of aromatic nitrogens is 2. The Labute approximate surface area is 189 Å². The second-order valence-corrected chi connectivity index (χ2v) is 9.14. The molecule has 0 aliphatic carbocycles. The van der Waals surface area contributed by atoms with Gasteiger partial charge in [-0.3, -0.25) is 14.2 Å². The first-order chi connectivity index (χ1) is 14.5. The topological polar surface area (TPSA) is 88.7 Å². The highest BCUT2D eigenvalue weighted by Gasteiger charge is 2.18. The molecule has 0 saturated carbocycles. The van der Waals surface area contributed by atoms with E-state index in [1.165, 1.54) is 35.0 Å². The second kappa shape index (κ2) is 9.15. The number of benzene rings is 2. The van der Waals surface area contributed by atoms with Gasteiger partial charge in [0.1, 0.15) is 0 Å². The van der Waals surface area contributed by atoms with Gasteiger partial charge in [0.05, 0.1) is 22.5 Å². The van der Waals surface area contributed by atoms with E-state index in [9.17, 15) is 9.59 Å². The number of hydrogen-bond donors (Lipinski definition) is 1. The van der Waals surface area contributed by atoms with Gasteiger partial charge in [0, 0.05) is 17.1 Å². The molecule has 30 heavy (non-hydrogen) atoms. The zero-order chi connectivity index (χ0) is 21.1. The molecule has 2 heterocycles. The van der Waals surface area contributed by atoms with Gasteiger partial charge in [-0.25, -0.2) is 4.98 Å². The molecular weight excluding hydrogens is 486 g/mol. The van der Waals surface area contributed by atoms with Gasteiger partial charge in [-0.1, -0.05) is 63.7 Å². The van der Waals surface area contributed by atoms with Crippen LogP contribution in [0.4, 0.5) is 0 Å². The Morgan fingerprint density at radius 1 is 1.17 bits per heavy atom. The van der Waals surface area contributed by atoms with Crippen LogP contribution >= 0.6 is 39.5 Å². The van der Waals surface area contributed by atoms with E-state index in [0.717, 1.165) is 26.8 Å². The van der Waals surface area contributed by atoms with E-state index in [1.54, 1.807) is 0 Å². The molecule has 0 atom stereocenters. The van der Waals surface area contributed by atoms with Crippen molar-refractivity contribution < 1.29 is 9.59 Å². The van der Waals surface area contributed by atoms with Crippen molar-refractivity contribution in [2.75, 3.05) is 11.5 Å². The fourth-order valence-electron chi connectivity index (χ4n) is 2.84. The summed E-state index contributed by atoms with van der Waals surface area (Å²) < 4.78 is 2.53. The van der Waals surface area contributed by atoms with Crippen LogP contribution < -0.4 is 5.32 Å². The zero-order valence-corrected chi connectivity index (χ0v) is 19.1. The minimum Gasteiger partial charge on any atom is -0.303 e. The number of imidazole rings is 1.